The van der Waals surface area contributed by atoms with Gasteiger partial charge in [-0.15, -0.1) is 11.3 Å². The standard InChI is InChI=1S/C21H19BN6S.CH4/c1-13-7-17(27-28-11-14(2)25-20(13)28)19-10-24-18-9-16(29-21(18)26-19)8-15-3-5-22(12-23)6-4-15;/h7-11H,3-6H2,1-2H3;1H4. The van der Waals surface area contributed by atoms with Crippen molar-refractivity contribution in [1.82, 2.24) is 24.6 Å². The number of aromatic nitrogens is 5. The van der Waals surface area contributed by atoms with Crippen LogP contribution in [-0.2, 0) is 0 Å². The zero-order valence-corrected chi connectivity index (χ0v) is 17.2. The number of thiophene rings is 1. The summed E-state index contributed by atoms with van der Waals surface area (Å²) in [5.41, 5.74) is 6.77. The van der Waals surface area contributed by atoms with Crippen LogP contribution in [0.3, 0.4) is 0 Å². The Bertz CT molecular complexity index is 1300. The fraction of sp³-hybridized carbons (Fsp3) is 0.318. The lowest BCUT2D eigenvalue weighted by atomic mass is 9.42. The molecule has 8 heteroatoms. The number of nitriles is 1. The third-order valence-electron chi connectivity index (χ3n) is 5.41. The average Bonchev–Trinajstić information content (AvgIpc) is 3.30. The van der Waals surface area contributed by atoms with Crippen molar-refractivity contribution in [2.24, 2.45) is 0 Å². The van der Waals surface area contributed by atoms with Gasteiger partial charge in [0, 0.05) is 10.8 Å². The van der Waals surface area contributed by atoms with Gasteiger partial charge in [-0.1, -0.05) is 25.6 Å². The molecule has 150 valence electrons. The van der Waals surface area contributed by atoms with Crippen LogP contribution in [0.5, 0.6) is 0 Å². The summed E-state index contributed by atoms with van der Waals surface area (Å²) in [5, 5.41) is 13.7. The number of fused-ring (bicyclic) bond motifs is 2. The zero-order chi connectivity index (χ0) is 20.0. The van der Waals surface area contributed by atoms with Crippen LogP contribution < -0.4 is 0 Å². The highest BCUT2D eigenvalue weighted by atomic mass is 32.1. The minimum absolute atomic E-state index is 0. The topological polar surface area (TPSA) is 79.8 Å². The Kier molecular flexibility index (Phi) is 5.40. The number of hydrogen-bond donors (Lipinski definition) is 0. The van der Waals surface area contributed by atoms with Gasteiger partial charge in [0.1, 0.15) is 21.7 Å². The Morgan fingerprint density at radius 1 is 1.17 bits per heavy atom. The van der Waals surface area contributed by atoms with E-state index < -0.39 is 0 Å². The molecule has 0 aliphatic carbocycles. The first-order chi connectivity index (χ1) is 14.1. The molecule has 6 nitrogen and oxygen atoms in total. The summed E-state index contributed by atoms with van der Waals surface area (Å²) in [6.07, 6.45) is 9.92. The first kappa shape index (κ1) is 20.2. The van der Waals surface area contributed by atoms with Gasteiger partial charge < -0.3 is 0 Å². The highest BCUT2D eigenvalue weighted by molar-refractivity contribution is 7.19. The lowest BCUT2D eigenvalue weighted by Crippen LogP contribution is -2.14. The smallest absolute Gasteiger partial charge is 0.251 e. The molecule has 0 saturated carbocycles. The quantitative estimate of drug-likeness (QED) is 0.411. The summed E-state index contributed by atoms with van der Waals surface area (Å²) in [6.45, 7) is 4.22. The van der Waals surface area contributed by atoms with Gasteiger partial charge in [0.05, 0.1) is 18.1 Å². The van der Waals surface area contributed by atoms with Crippen molar-refractivity contribution in [2.75, 3.05) is 0 Å². The van der Waals surface area contributed by atoms with Gasteiger partial charge in [-0.25, -0.2) is 19.7 Å². The second-order valence-electron chi connectivity index (χ2n) is 7.66. The van der Waals surface area contributed by atoms with E-state index in [4.69, 9.17) is 10.2 Å². The largest absolute Gasteiger partial charge is 0.268 e. The summed E-state index contributed by atoms with van der Waals surface area (Å²) < 4.78 is 1.81. The van der Waals surface area contributed by atoms with Crippen molar-refractivity contribution in [3.05, 3.63) is 46.2 Å². The molecule has 30 heavy (non-hydrogen) atoms. The minimum Gasteiger partial charge on any atom is -0.251 e. The molecule has 4 aromatic rings. The Balaban J connectivity index is 0.00000218. The molecule has 5 heterocycles. The maximum Gasteiger partial charge on any atom is 0.268 e. The van der Waals surface area contributed by atoms with Gasteiger partial charge in [0.25, 0.3) is 6.71 Å². The van der Waals surface area contributed by atoms with Crippen LogP contribution in [0, 0.1) is 25.1 Å². The van der Waals surface area contributed by atoms with Crippen LogP contribution in [0.25, 0.3) is 33.5 Å². The van der Waals surface area contributed by atoms with Crippen LogP contribution in [0.1, 0.15) is 36.4 Å². The number of aryl methyl sites for hydroxylation is 2. The highest BCUT2D eigenvalue weighted by Crippen LogP contribution is 2.31. The molecule has 1 saturated heterocycles. The average molecular weight is 414 g/mol. The molecule has 1 aliphatic heterocycles. The summed E-state index contributed by atoms with van der Waals surface area (Å²) in [4.78, 5) is 16.0. The van der Waals surface area contributed by atoms with E-state index in [9.17, 15) is 0 Å². The normalized spacial score (nSPS) is 14.0. The molecule has 0 aromatic carbocycles. The van der Waals surface area contributed by atoms with Gasteiger partial charge in [-0.3, -0.25) is 4.98 Å². The fourth-order valence-electron chi connectivity index (χ4n) is 3.86. The first-order valence-electron chi connectivity index (χ1n) is 9.79. The molecule has 1 fully saturated rings. The molecule has 1 aliphatic rings. The van der Waals surface area contributed by atoms with Crippen molar-refractivity contribution in [1.29, 1.82) is 5.26 Å². The molecule has 0 unspecified atom stereocenters. The van der Waals surface area contributed by atoms with Gasteiger partial charge in [0.15, 0.2) is 5.65 Å². The predicted octanol–water partition coefficient (Wildman–Crippen LogP) is 5.39. The maximum absolute atomic E-state index is 9.06. The van der Waals surface area contributed by atoms with Crippen LogP contribution in [0.4, 0.5) is 0 Å². The van der Waals surface area contributed by atoms with Crippen molar-refractivity contribution in [2.45, 2.75) is 46.8 Å². The summed E-state index contributed by atoms with van der Waals surface area (Å²) >= 11 is 1.66. The van der Waals surface area contributed by atoms with Crippen LogP contribution in [-0.4, -0.2) is 31.3 Å². The summed E-state index contributed by atoms with van der Waals surface area (Å²) in [6, 6.07) is 4.11. The Hall–Kier alpha value is -3.05. The number of hydrogen-bond acceptors (Lipinski definition) is 6. The van der Waals surface area contributed by atoms with E-state index in [1.165, 1.54) is 10.5 Å². The number of allylic oxidation sites excluding steroid dienone is 1. The lowest BCUT2D eigenvalue weighted by Gasteiger charge is -2.15. The second-order valence-corrected chi connectivity index (χ2v) is 8.73. The van der Waals surface area contributed by atoms with Crippen molar-refractivity contribution < 1.29 is 0 Å². The maximum atomic E-state index is 9.06. The molecule has 0 radical (unpaired) electrons. The molecular weight excluding hydrogens is 391 g/mol. The fourth-order valence-corrected chi connectivity index (χ4v) is 4.84. The molecule has 5 rings (SSSR count). The lowest BCUT2D eigenvalue weighted by molar-refractivity contribution is 0.922. The molecule has 4 aromatic heterocycles. The van der Waals surface area contributed by atoms with Crippen molar-refractivity contribution in [3.8, 4) is 17.4 Å². The van der Waals surface area contributed by atoms with E-state index in [0.29, 0.717) is 0 Å². The van der Waals surface area contributed by atoms with Gasteiger partial charge in [-0.05, 0) is 50.5 Å². The SMILES string of the molecule is C.Cc1cn2nc(-c3cnc4cc(C=C5CCB(C#N)CC5)sc4n3)cc(C)c2n1. The van der Waals surface area contributed by atoms with E-state index in [0.717, 1.165) is 64.1 Å². The minimum atomic E-state index is 0. The number of nitrogens with zero attached hydrogens (tertiary/aromatic N) is 6. The summed E-state index contributed by atoms with van der Waals surface area (Å²) in [5.74, 6) is 2.39. The Labute approximate surface area is 180 Å². The van der Waals surface area contributed by atoms with Crippen LogP contribution in [0.15, 0.2) is 30.1 Å². The molecule has 0 amide bonds. The Morgan fingerprint density at radius 2 is 1.97 bits per heavy atom. The van der Waals surface area contributed by atoms with Gasteiger partial charge >= 0.3 is 0 Å². The molecule has 0 atom stereocenters. The van der Waals surface area contributed by atoms with E-state index in [2.05, 4.69) is 33.2 Å². The van der Waals surface area contributed by atoms with Crippen molar-refractivity contribution in [3.63, 3.8) is 0 Å². The molecule has 0 N–H and O–H groups in total. The van der Waals surface area contributed by atoms with Gasteiger partial charge in [-0.2, -0.15) is 5.10 Å². The van der Waals surface area contributed by atoms with Crippen LogP contribution >= 0.6 is 11.3 Å². The zero-order valence-electron chi connectivity index (χ0n) is 16.4. The summed E-state index contributed by atoms with van der Waals surface area (Å²) in [7, 11) is 0. The van der Waals surface area contributed by atoms with E-state index in [1.807, 2.05) is 30.6 Å². The van der Waals surface area contributed by atoms with Gasteiger partial charge in [0.2, 0.25) is 0 Å². The van der Waals surface area contributed by atoms with Crippen LogP contribution in [0.2, 0.25) is 12.6 Å². The predicted molar refractivity (Wildman–Crippen MR) is 124 cm³/mol. The third kappa shape index (κ3) is 3.73. The highest BCUT2D eigenvalue weighted by Gasteiger charge is 2.20. The number of imidazole rings is 1. The molecule has 0 bridgehead atoms. The van der Waals surface area contributed by atoms with E-state index in [1.54, 1.807) is 17.5 Å². The monoisotopic (exact) mass is 414 g/mol. The van der Waals surface area contributed by atoms with E-state index in [-0.39, 0.29) is 14.1 Å². The number of rotatable bonds is 2. The Morgan fingerprint density at radius 3 is 2.73 bits per heavy atom. The van der Waals surface area contributed by atoms with E-state index >= 15 is 0 Å². The molecular formula is C22H23BN6S. The van der Waals surface area contributed by atoms with Crippen molar-refractivity contribution >= 4 is 40.1 Å². The third-order valence-corrected chi connectivity index (χ3v) is 6.37. The molecule has 0 spiro atoms. The first-order valence-corrected chi connectivity index (χ1v) is 10.6. The second kappa shape index (κ2) is 8.00.